The largest absolute Gasteiger partial charge is 0.497 e. The number of benzene rings is 2. The summed E-state index contributed by atoms with van der Waals surface area (Å²) >= 11 is 1.38. The van der Waals surface area contributed by atoms with E-state index in [4.69, 9.17) is 14.2 Å². The standard InChI is InChI=1S/C25H29N3O5S/c1-16-10-17(2)12-19(11-16)33-14-23-28-21(15-34-23)25(30)27-9-5-8-26-24(29)20-7-6-18(31-3)13-22(20)32-4/h6-7,10-13,15H,5,8-9,14H2,1-4H3,(H,26,29)(H,27,30). The lowest BCUT2D eigenvalue weighted by Crippen LogP contribution is -2.30. The van der Waals surface area contributed by atoms with Gasteiger partial charge < -0.3 is 24.8 Å². The zero-order chi connectivity index (χ0) is 24.5. The predicted molar refractivity (Wildman–Crippen MR) is 131 cm³/mol. The smallest absolute Gasteiger partial charge is 0.270 e. The van der Waals surface area contributed by atoms with Gasteiger partial charge in [0.05, 0.1) is 19.8 Å². The van der Waals surface area contributed by atoms with Crippen LogP contribution in [0.1, 0.15) is 43.4 Å². The van der Waals surface area contributed by atoms with Gasteiger partial charge in [0.25, 0.3) is 11.8 Å². The first kappa shape index (κ1) is 25.0. The molecule has 8 nitrogen and oxygen atoms in total. The van der Waals surface area contributed by atoms with Crippen LogP contribution in [0.15, 0.2) is 41.8 Å². The topological polar surface area (TPSA) is 98.8 Å². The van der Waals surface area contributed by atoms with Crippen molar-refractivity contribution < 1.29 is 23.8 Å². The van der Waals surface area contributed by atoms with Crippen molar-refractivity contribution in [1.82, 2.24) is 15.6 Å². The maximum atomic E-state index is 12.4. The van der Waals surface area contributed by atoms with E-state index in [1.165, 1.54) is 18.4 Å². The Morgan fingerprint density at radius 3 is 2.29 bits per heavy atom. The van der Waals surface area contributed by atoms with Gasteiger partial charge >= 0.3 is 0 Å². The van der Waals surface area contributed by atoms with E-state index in [2.05, 4.69) is 21.7 Å². The normalized spacial score (nSPS) is 10.5. The number of carbonyl (C=O) groups is 2. The number of methoxy groups -OCH3 is 2. The molecule has 0 atom stereocenters. The van der Waals surface area contributed by atoms with Crippen molar-refractivity contribution in [2.24, 2.45) is 0 Å². The minimum absolute atomic E-state index is 0.251. The Labute approximate surface area is 203 Å². The molecule has 0 saturated heterocycles. The Morgan fingerprint density at radius 2 is 1.62 bits per heavy atom. The third kappa shape index (κ3) is 6.95. The number of hydrogen-bond donors (Lipinski definition) is 2. The highest BCUT2D eigenvalue weighted by Crippen LogP contribution is 2.24. The van der Waals surface area contributed by atoms with E-state index in [1.54, 1.807) is 30.7 Å². The van der Waals surface area contributed by atoms with Crippen LogP contribution in [-0.4, -0.2) is 44.1 Å². The van der Waals surface area contributed by atoms with Crippen molar-refractivity contribution in [1.29, 1.82) is 0 Å². The molecule has 0 unspecified atom stereocenters. The van der Waals surface area contributed by atoms with Gasteiger partial charge in [-0.25, -0.2) is 4.98 Å². The van der Waals surface area contributed by atoms with Gasteiger partial charge in [-0.2, -0.15) is 0 Å². The molecule has 2 amide bonds. The number of nitrogens with zero attached hydrogens (tertiary/aromatic N) is 1. The second-order valence-electron chi connectivity index (χ2n) is 7.67. The highest BCUT2D eigenvalue weighted by atomic mass is 32.1. The summed E-state index contributed by atoms with van der Waals surface area (Å²) in [7, 11) is 3.05. The number of ether oxygens (including phenoxy) is 3. The molecule has 0 fully saturated rings. The fraction of sp³-hybridized carbons (Fsp3) is 0.320. The summed E-state index contributed by atoms with van der Waals surface area (Å²) in [6.07, 6.45) is 0.572. The molecule has 3 aromatic rings. The third-order valence-corrected chi connectivity index (χ3v) is 5.74. The second kappa shape index (κ2) is 12.0. The highest BCUT2D eigenvalue weighted by molar-refractivity contribution is 7.09. The first-order valence-corrected chi connectivity index (χ1v) is 11.7. The SMILES string of the molecule is COc1ccc(C(=O)NCCCNC(=O)c2csc(COc3cc(C)cc(C)c3)n2)c(OC)c1. The molecule has 1 heterocycles. The van der Waals surface area contributed by atoms with Crippen molar-refractivity contribution in [2.45, 2.75) is 26.9 Å². The second-order valence-corrected chi connectivity index (χ2v) is 8.61. The van der Waals surface area contributed by atoms with Gasteiger partial charge in [0.15, 0.2) is 0 Å². The lowest BCUT2D eigenvalue weighted by atomic mass is 10.1. The van der Waals surface area contributed by atoms with Gasteiger partial charge in [-0.1, -0.05) is 6.07 Å². The van der Waals surface area contributed by atoms with Crippen LogP contribution >= 0.6 is 11.3 Å². The van der Waals surface area contributed by atoms with Crippen LogP contribution in [0.4, 0.5) is 0 Å². The average Bonchev–Trinajstić information content (AvgIpc) is 3.30. The number of hydrogen-bond acceptors (Lipinski definition) is 7. The fourth-order valence-electron chi connectivity index (χ4n) is 3.31. The summed E-state index contributed by atoms with van der Waals surface area (Å²) in [5.41, 5.74) is 3.04. The molecule has 0 aliphatic rings. The summed E-state index contributed by atoms with van der Waals surface area (Å²) < 4.78 is 16.2. The van der Waals surface area contributed by atoms with Gasteiger partial charge in [-0.15, -0.1) is 11.3 Å². The highest BCUT2D eigenvalue weighted by Gasteiger charge is 2.14. The van der Waals surface area contributed by atoms with E-state index in [-0.39, 0.29) is 11.8 Å². The molecule has 0 aliphatic carbocycles. The Morgan fingerprint density at radius 1 is 0.912 bits per heavy atom. The fourth-order valence-corrected chi connectivity index (χ4v) is 3.99. The zero-order valence-corrected chi connectivity index (χ0v) is 20.6. The Hall–Kier alpha value is -3.59. The van der Waals surface area contributed by atoms with Crippen molar-refractivity contribution in [3.63, 3.8) is 0 Å². The number of carbonyl (C=O) groups excluding carboxylic acids is 2. The van der Waals surface area contributed by atoms with E-state index in [9.17, 15) is 9.59 Å². The average molecular weight is 484 g/mol. The monoisotopic (exact) mass is 483 g/mol. The number of rotatable bonds is 11. The molecule has 2 N–H and O–H groups in total. The molecule has 0 radical (unpaired) electrons. The minimum Gasteiger partial charge on any atom is -0.497 e. The Bertz CT molecular complexity index is 1130. The summed E-state index contributed by atoms with van der Waals surface area (Å²) in [6, 6.07) is 11.0. The number of thiazole rings is 1. The maximum absolute atomic E-state index is 12.4. The predicted octanol–water partition coefficient (Wildman–Crippen LogP) is 3.91. The molecular formula is C25H29N3O5S. The molecule has 0 bridgehead atoms. The van der Waals surface area contributed by atoms with Crippen LogP contribution in [0.5, 0.6) is 17.2 Å². The molecule has 9 heteroatoms. The molecule has 0 saturated carbocycles. The summed E-state index contributed by atoms with van der Waals surface area (Å²) in [5, 5.41) is 8.09. The van der Waals surface area contributed by atoms with Gasteiger partial charge in [-0.05, 0) is 55.7 Å². The first-order valence-electron chi connectivity index (χ1n) is 10.8. The van der Waals surface area contributed by atoms with Crippen molar-refractivity contribution >= 4 is 23.2 Å². The summed E-state index contributed by atoms with van der Waals surface area (Å²) in [6.45, 7) is 5.16. The number of nitrogens with one attached hydrogen (secondary N) is 2. The van der Waals surface area contributed by atoms with Gasteiger partial charge in [-0.3, -0.25) is 9.59 Å². The molecule has 3 rings (SSSR count). The van der Waals surface area contributed by atoms with E-state index >= 15 is 0 Å². The van der Waals surface area contributed by atoms with Crippen LogP contribution in [0.2, 0.25) is 0 Å². The van der Waals surface area contributed by atoms with E-state index in [0.29, 0.717) is 48.9 Å². The van der Waals surface area contributed by atoms with Gasteiger partial charge in [0.2, 0.25) is 0 Å². The molecule has 0 spiro atoms. The molecule has 0 aliphatic heterocycles. The van der Waals surface area contributed by atoms with Crippen molar-refractivity contribution in [3.8, 4) is 17.2 Å². The van der Waals surface area contributed by atoms with Crippen LogP contribution in [-0.2, 0) is 6.61 Å². The molecular weight excluding hydrogens is 454 g/mol. The summed E-state index contributed by atoms with van der Waals surface area (Å²) in [5.74, 6) is 1.33. The molecule has 1 aromatic heterocycles. The van der Waals surface area contributed by atoms with Crippen LogP contribution < -0.4 is 24.8 Å². The Balaban J connectivity index is 1.40. The maximum Gasteiger partial charge on any atom is 0.270 e. The number of aromatic nitrogens is 1. The van der Waals surface area contributed by atoms with Crippen LogP contribution in [0.3, 0.4) is 0 Å². The molecule has 180 valence electrons. The van der Waals surface area contributed by atoms with E-state index < -0.39 is 0 Å². The molecule has 2 aromatic carbocycles. The summed E-state index contributed by atoms with van der Waals surface area (Å²) in [4.78, 5) is 29.1. The van der Waals surface area contributed by atoms with Crippen LogP contribution in [0, 0.1) is 13.8 Å². The number of aryl methyl sites for hydroxylation is 2. The van der Waals surface area contributed by atoms with E-state index in [0.717, 1.165) is 21.9 Å². The van der Waals surface area contributed by atoms with Crippen molar-refractivity contribution in [3.05, 3.63) is 69.2 Å². The Kier molecular flexibility index (Phi) is 8.86. The lowest BCUT2D eigenvalue weighted by molar-refractivity contribution is 0.0947. The third-order valence-electron chi connectivity index (χ3n) is 4.92. The zero-order valence-electron chi connectivity index (χ0n) is 19.8. The van der Waals surface area contributed by atoms with Gasteiger partial charge in [0.1, 0.15) is 34.6 Å². The quantitative estimate of drug-likeness (QED) is 0.401. The molecule has 34 heavy (non-hydrogen) atoms. The van der Waals surface area contributed by atoms with Crippen LogP contribution in [0.25, 0.3) is 0 Å². The first-order chi connectivity index (χ1) is 16.4. The lowest BCUT2D eigenvalue weighted by Gasteiger charge is -2.11. The number of amides is 2. The van der Waals surface area contributed by atoms with E-state index in [1.807, 2.05) is 26.0 Å². The van der Waals surface area contributed by atoms with Gasteiger partial charge in [0, 0.05) is 24.5 Å². The van der Waals surface area contributed by atoms with Crippen molar-refractivity contribution in [2.75, 3.05) is 27.3 Å². The minimum atomic E-state index is -0.253.